The fourth-order valence-corrected chi connectivity index (χ4v) is 4.29. The van der Waals surface area contributed by atoms with E-state index in [4.69, 9.17) is 0 Å². The van der Waals surface area contributed by atoms with Gasteiger partial charge in [0.25, 0.3) is 0 Å². The van der Waals surface area contributed by atoms with E-state index < -0.39 is 10.8 Å². The van der Waals surface area contributed by atoms with Crippen LogP contribution in [0.5, 0.6) is 0 Å². The maximum Gasteiger partial charge on any atom is 0.0698 e. The van der Waals surface area contributed by atoms with Crippen LogP contribution in [0.2, 0.25) is 0 Å². The molecule has 4 aromatic rings. The Labute approximate surface area is 182 Å². The Morgan fingerprint density at radius 3 is 2.15 bits per heavy atom. The quantitative estimate of drug-likeness (QED) is 0.236. The van der Waals surface area contributed by atoms with Crippen molar-refractivity contribution in [3.05, 3.63) is 107 Å². The van der Waals surface area contributed by atoms with Crippen LogP contribution in [0.3, 0.4) is 0 Å². The van der Waals surface area contributed by atoms with Crippen molar-refractivity contribution >= 4 is 26.7 Å². The van der Waals surface area contributed by atoms with Gasteiger partial charge in [0.05, 0.1) is 10.8 Å². The van der Waals surface area contributed by atoms with Crippen LogP contribution >= 0.6 is 15.9 Å². The first-order chi connectivity index (χ1) is 12.7. The molecule has 0 saturated heterocycles. The third-order valence-electron chi connectivity index (χ3n) is 3.93. The van der Waals surface area contributed by atoms with Crippen molar-refractivity contribution in [1.29, 1.82) is 0 Å². The van der Waals surface area contributed by atoms with Gasteiger partial charge in [-0.1, -0.05) is 41.5 Å². The normalized spacial score (nSPS) is 11.0. The molecule has 1 atom stereocenters. The fourth-order valence-electron chi connectivity index (χ4n) is 2.58. The predicted molar refractivity (Wildman–Crippen MR) is 113 cm³/mol. The average Bonchev–Trinajstić information content (AvgIpc) is 3.37. The molecule has 1 unspecified atom stereocenters. The Kier molecular flexibility index (Phi) is 8.46. The van der Waals surface area contributed by atoms with Gasteiger partial charge < -0.3 is 0 Å². The van der Waals surface area contributed by atoms with E-state index in [2.05, 4.69) is 15.9 Å². The van der Waals surface area contributed by atoms with Crippen LogP contribution in [-0.2, 0) is 27.9 Å². The molecule has 4 heteroatoms. The fraction of sp³-hybridized carbons (Fsp3) is 0.0435. The van der Waals surface area contributed by atoms with Gasteiger partial charge in [-0.3, -0.25) is 4.21 Å². The van der Waals surface area contributed by atoms with Crippen molar-refractivity contribution in [3.63, 3.8) is 0 Å². The summed E-state index contributed by atoms with van der Waals surface area (Å²) in [6.45, 7) is 2.03. The largest absolute Gasteiger partial charge is 0.250 e. The molecule has 0 bridgehead atoms. The van der Waals surface area contributed by atoms with Crippen molar-refractivity contribution in [2.45, 2.75) is 16.7 Å². The topological polar surface area (TPSA) is 17.1 Å². The third-order valence-corrected chi connectivity index (χ3v) is 6.08. The van der Waals surface area contributed by atoms with E-state index in [9.17, 15) is 4.21 Å². The monoisotopic (exact) mass is 478 g/mol. The molecule has 4 aromatic carbocycles. The molecular formula is C23H19BrFeOS-2. The maximum absolute atomic E-state index is 12.8. The van der Waals surface area contributed by atoms with Crippen molar-refractivity contribution in [2.75, 3.05) is 0 Å². The summed E-state index contributed by atoms with van der Waals surface area (Å²) in [5, 5.41) is 0. The second kappa shape index (κ2) is 10.6. The molecular weight excluding hydrogens is 460 g/mol. The summed E-state index contributed by atoms with van der Waals surface area (Å²) < 4.78 is 13.8. The molecule has 0 saturated carbocycles. The number of halogens is 1. The molecule has 4 rings (SSSR count). The van der Waals surface area contributed by atoms with Crippen LogP contribution in [0.1, 0.15) is 5.56 Å². The second-order valence-corrected chi connectivity index (χ2v) is 8.13. The molecule has 0 heterocycles. The first-order valence-electron chi connectivity index (χ1n) is 8.32. The van der Waals surface area contributed by atoms with Crippen molar-refractivity contribution in [3.8, 4) is 11.1 Å². The van der Waals surface area contributed by atoms with Crippen LogP contribution in [0.25, 0.3) is 11.1 Å². The molecule has 140 valence electrons. The van der Waals surface area contributed by atoms with Gasteiger partial charge in [-0.25, -0.2) is 12.1 Å². The van der Waals surface area contributed by atoms with Crippen LogP contribution in [0, 0.1) is 6.92 Å². The predicted octanol–water partition coefficient (Wildman–Crippen LogP) is 6.71. The molecule has 27 heavy (non-hydrogen) atoms. The Hall–Kier alpha value is -1.71. The number of hydrogen-bond acceptors (Lipinski definition) is 1. The minimum Gasteiger partial charge on any atom is -0.250 e. The van der Waals surface area contributed by atoms with Gasteiger partial charge in [0, 0.05) is 22.0 Å². The summed E-state index contributed by atoms with van der Waals surface area (Å²) >= 11 is 3.57. The van der Waals surface area contributed by atoms with Crippen LogP contribution in [0.15, 0.2) is 111 Å². The van der Waals surface area contributed by atoms with Crippen LogP contribution in [-0.4, -0.2) is 4.21 Å². The summed E-state index contributed by atoms with van der Waals surface area (Å²) in [6.07, 6.45) is 0. The minimum atomic E-state index is -1.17. The van der Waals surface area contributed by atoms with E-state index in [1.54, 1.807) is 0 Å². The third kappa shape index (κ3) is 5.63. The molecule has 0 aromatic heterocycles. The van der Waals surface area contributed by atoms with Gasteiger partial charge in [-0.15, -0.1) is 39.7 Å². The van der Waals surface area contributed by atoms with Gasteiger partial charge >= 0.3 is 0 Å². The molecule has 0 aliphatic rings. The molecule has 0 radical (unpaired) electrons. The summed E-state index contributed by atoms with van der Waals surface area (Å²) in [6, 6.07) is 31.8. The van der Waals surface area contributed by atoms with E-state index >= 15 is 0 Å². The van der Waals surface area contributed by atoms with E-state index in [0.29, 0.717) is 0 Å². The Morgan fingerprint density at radius 2 is 1.56 bits per heavy atom. The molecule has 1 nitrogen and oxygen atoms in total. The SMILES string of the molecule is Cc1ccc(S(=O)c2ccc[c-]2-c2ccccc2Br)cc1.[Fe].c1cc[cH-]c1. The van der Waals surface area contributed by atoms with Gasteiger partial charge in [0.15, 0.2) is 0 Å². The van der Waals surface area contributed by atoms with Gasteiger partial charge in [-0.05, 0) is 28.4 Å². The Morgan fingerprint density at radius 1 is 0.889 bits per heavy atom. The number of hydrogen-bond donors (Lipinski definition) is 0. The number of benzene rings is 2. The molecule has 0 aliphatic heterocycles. The minimum absolute atomic E-state index is 0. The molecule has 0 spiro atoms. The summed E-state index contributed by atoms with van der Waals surface area (Å²) in [4.78, 5) is 1.69. The zero-order chi connectivity index (χ0) is 18.4. The summed E-state index contributed by atoms with van der Waals surface area (Å²) in [5.74, 6) is 0. The average molecular weight is 479 g/mol. The zero-order valence-corrected chi connectivity index (χ0v) is 18.3. The van der Waals surface area contributed by atoms with Crippen molar-refractivity contribution < 1.29 is 21.3 Å². The first-order valence-corrected chi connectivity index (χ1v) is 10.3. The molecule has 0 fully saturated rings. The Balaban J connectivity index is 0.000000379. The molecule has 0 N–H and O–H groups in total. The molecule has 0 aliphatic carbocycles. The van der Waals surface area contributed by atoms with Gasteiger partial charge in [0.2, 0.25) is 0 Å². The summed E-state index contributed by atoms with van der Waals surface area (Å²) in [5.41, 5.74) is 3.25. The standard InChI is InChI=1S/C18H14BrOS.C5H5.Fe/c1-13-9-11-14(12-10-13)21(20)18-8-4-6-16(18)15-5-2-3-7-17(15)19;1-2-4-5-3-1;/h2-12H,1H3;1-5H;/q2*-1;. The Bertz CT molecular complexity index is 955. The van der Waals surface area contributed by atoms with Crippen LogP contribution < -0.4 is 0 Å². The molecule has 0 amide bonds. The van der Waals surface area contributed by atoms with E-state index in [0.717, 1.165) is 25.4 Å². The summed E-state index contributed by atoms with van der Waals surface area (Å²) in [7, 11) is -1.17. The van der Waals surface area contributed by atoms with E-state index in [1.807, 2.05) is 104 Å². The van der Waals surface area contributed by atoms with Crippen molar-refractivity contribution in [2.24, 2.45) is 0 Å². The zero-order valence-electron chi connectivity index (χ0n) is 14.8. The van der Waals surface area contributed by atoms with E-state index in [1.165, 1.54) is 5.56 Å². The number of rotatable bonds is 3. The second-order valence-electron chi connectivity index (χ2n) is 5.83. The van der Waals surface area contributed by atoms with Crippen LogP contribution in [0.4, 0.5) is 0 Å². The smallest absolute Gasteiger partial charge is 0.0698 e. The number of aryl methyl sites for hydroxylation is 1. The van der Waals surface area contributed by atoms with Crippen molar-refractivity contribution in [1.82, 2.24) is 0 Å². The van der Waals surface area contributed by atoms with Gasteiger partial charge in [-0.2, -0.15) is 24.3 Å². The first kappa shape index (κ1) is 21.6. The van der Waals surface area contributed by atoms with E-state index in [-0.39, 0.29) is 17.1 Å². The van der Waals surface area contributed by atoms with Gasteiger partial charge in [0.1, 0.15) is 0 Å². The maximum atomic E-state index is 12.8.